The maximum absolute atomic E-state index is 13.1. The molecule has 0 spiro atoms. The molecule has 0 N–H and O–H groups in total. The highest BCUT2D eigenvalue weighted by atomic mass is 16.5. The number of rotatable bonds is 10. The van der Waals surface area contributed by atoms with Crippen molar-refractivity contribution >= 4 is 5.91 Å². The van der Waals surface area contributed by atoms with E-state index in [4.69, 9.17) is 14.2 Å². The molecule has 36 heavy (non-hydrogen) atoms. The summed E-state index contributed by atoms with van der Waals surface area (Å²) in [5.41, 5.74) is 3.32. The second kappa shape index (κ2) is 12.1. The Morgan fingerprint density at radius 2 is 1.28 bits per heavy atom. The van der Waals surface area contributed by atoms with Gasteiger partial charge in [-0.25, -0.2) is 0 Å². The molecule has 1 saturated heterocycles. The van der Waals surface area contributed by atoms with Crippen molar-refractivity contribution < 1.29 is 19.0 Å². The van der Waals surface area contributed by atoms with Crippen LogP contribution < -0.4 is 0 Å². The summed E-state index contributed by atoms with van der Waals surface area (Å²) in [4.78, 5) is 15.0. The lowest BCUT2D eigenvalue weighted by Gasteiger charge is -2.50. The first kappa shape index (κ1) is 24.4. The molecule has 5 rings (SSSR count). The van der Waals surface area contributed by atoms with Crippen LogP contribution in [-0.2, 0) is 38.8 Å². The van der Waals surface area contributed by atoms with Gasteiger partial charge in [0.05, 0.1) is 38.6 Å². The monoisotopic (exact) mass is 483 g/mol. The highest BCUT2D eigenvalue weighted by Gasteiger charge is 2.46. The third kappa shape index (κ3) is 6.11. The van der Waals surface area contributed by atoms with Crippen molar-refractivity contribution in [2.75, 3.05) is 6.61 Å². The number of carbonyl (C=O) groups is 1. The molecule has 0 aromatic heterocycles. The summed E-state index contributed by atoms with van der Waals surface area (Å²) < 4.78 is 19.3. The van der Waals surface area contributed by atoms with Gasteiger partial charge in [0.1, 0.15) is 6.10 Å². The van der Waals surface area contributed by atoms with E-state index >= 15 is 0 Å². The molecule has 1 amide bonds. The molecule has 0 aliphatic carbocycles. The number of nitrogens with zero attached hydrogens (tertiary/aromatic N) is 1. The lowest BCUT2D eigenvalue weighted by molar-refractivity contribution is -0.179. The van der Waals surface area contributed by atoms with E-state index in [9.17, 15) is 4.79 Å². The summed E-state index contributed by atoms with van der Waals surface area (Å²) >= 11 is 0. The van der Waals surface area contributed by atoms with Gasteiger partial charge in [-0.1, -0.05) is 97.1 Å². The van der Waals surface area contributed by atoms with E-state index in [1.54, 1.807) is 6.08 Å². The molecule has 5 heteroatoms. The van der Waals surface area contributed by atoms with Gasteiger partial charge >= 0.3 is 0 Å². The lowest BCUT2D eigenvalue weighted by atomic mass is 9.86. The van der Waals surface area contributed by atoms with Crippen molar-refractivity contribution in [1.29, 1.82) is 0 Å². The number of hydrogen-bond donors (Lipinski definition) is 0. The Bertz CT molecular complexity index is 1120. The van der Waals surface area contributed by atoms with Crippen LogP contribution >= 0.6 is 0 Å². The average Bonchev–Trinajstić information content (AvgIpc) is 2.93. The predicted molar refractivity (Wildman–Crippen MR) is 139 cm³/mol. The van der Waals surface area contributed by atoms with Crippen LogP contribution in [0.4, 0.5) is 0 Å². The van der Waals surface area contributed by atoms with Crippen molar-refractivity contribution in [2.24, 2.45) is 0 Å². The molecule has 1 fully saturated rings. The van der Waals surface area contributed by atoms with Crippen LogP contribution in [0.5, 0.6) is 0 Å². The third-order valence-electron chi connectivity index (χ3n) is 6.92. The fourth-order valence-electron chi connectivity index (χ4n) is 5.13. The minimum atomic E-state index is -0.309. The van der Waals surface area contributed by atoms with Gasteiger partial charge in [-0.2, -0.15) is 0 Å². The van der Waals surface area contributed by atoms with Crippen molar-refractivity contribution in [1.82, 2.24) is 4.90 Å². The zero-order valence-corrected chi connectivity index (χ0v) is 20.4. The Kier molecular flexibility index (Phi) is 8.24. The van der Waals surface area contributed by atoms with E-state index in [0.717, 1.165) is 29.5 Å². The molecular formula is C31H33NO4. The zero-order chi connectivity index (χ0) is 24.6. The Labute approximate surface area is 213 Å². The van der Waals surface area contributed by atoms with Gasteiger partial charge in [-0.3, -0.25) is 4.79 Å². The molecule has 2 aliphatic heterocycles. The lowest BCUT2D eigenvalue weighted by Crippen LogP contribution is -2.64. The van der Waals surface area contributed by atoms with Gasteiger partial charge in [0.15, 0.2) is 0 Å². The van der Waals surface area contributed by atoms with Crippen LogP contribution in [0.2, 0.25) is 0 Å². The molecule has 186 valence electrons. The first-order chi connectivity index (χ1) is 17.8. The Balaban J connectivity index is 1.37. The van der Waals surface area contributed by atoms with Crippen LogP contribution in [0.15, 0.2) is 103 Å². The van der Waals surface area contributed by atoms with Gasteiger partial charge in [0.2, 0.25) is 5.91 Å². The molecule has 3 aromatic rings. The molecule has 4 atom stereocenters. The quantitative estimate of drug-likeness (QED) is 0.393. The Morgan fingerprint density at radius 3 is 1.89 bits per heavy atom. The maximum atomic E-state index is 13.1. The Morgan fingerprint density at radius 1 is 0.722 bits per heavy atom. The molecule has 0 radical (unpaired) electrons. The largest absolute Gasteiger partial charge is 0.375 e. The standard InChI is InChI=1S/C31H33NO4/c33-30-18-10-17-27-19-29(35-21-25-13-6-2-7-14-25)31(36-22-26-15-8-3-9-16-26)28(32(27)30)23-34-20-24-11-4-1-5-12-24/h1-16,18,27-29,31H,17,19-23H2/t27-,28-,29+,31+/m0/s1. The van der Waals surface area contributed by atoms with E-state index < -0.39 is 0 Å². The zero-order valence-electron chi connectivity index (χ0n) is 20.4. The second-order valence-corrected chi connectivity index (χ2v) is 9.44. The number of fused-ring (bicyclic) bond motifs is 1. The minimum absolute atomic E-state index is 0.0226. The number of hydrogen-bond acceptors (Lipinski definition) is 4. The summed E-state index contributed by atoms with van der Waals surface area (Å²) in [6.45, 7) is 1.83. The smallest absolute Gasteiger partial charge is 0.246 e. The second-order valence-electron chi connectivity index (χ2n) is 9.44. The number of carbonyl (C=O) groups excluding carboxylic acids is 1. The third-order valence-corrected chi connectivity index (χ3v) is 6.92. The van der Waals surface area contributed by atoms with Gasteiger partial charge in [-0.05, 0) is 35.6 Å². The molecule has 2 heterocycles. The molecule has 0 unspecified atom stereocenters. The maximum Gasteiger partial charge on any atom is 0.246 e. The van der Waals surface area contributed by atoms with Crippen LogP contribution in [0.1, 0.15) is 29.5 Å². The highest BCUT2D eigenvalue weighted by molar-refractivity contribution is 5.89. The number of ether oxygens (including phenoxy) is 3. The molecule has 5 nitrogen and oxygen atoms in total. The van der Waals surface area contributed by atoms with Gasteiger partial charge in [-0.15, -0.1) is 0 Å². The number of benzene rings is 3. The van der Waals surface area contributed by atoms with Crippen molar-refractivity contribution in [3.8, 4) is 0 Å². The van der Waals surface area contributed by atoms with E-state index in [2.05, 4.69) is 24.3 Å². The number of amides is 1. The average molecular weight is 484 g/mol. The van der Waals surface area contributed by atoms with E-state index in [0.29, 0.717) is 26.4 Å². The van der Waals surface area contributed by atoms with Crippen LogP contribution in [0.25, 0.3) is 0 Å². The normalized spacial score (nSPS) is 23.4. The van der Waals surface area contributed by atoms with Crippen molar-refractivity contribution in [2.45, 2.75) is 57.0 Å². The van der Waals surface area contributed by atoms with Crippen molar-refractivity contribution in [3.63, 3.8) is 0 Å². The summed E-state index contributed by atoms with van der Waals surface area (Å²) in [5.74, 6) is 0.0226. The molecule has 3 aromatic carbocycles. The van der Waals surface area contributed by atoms with E-state index in [1.807, 2.05) is 77.7 Å². The minimum Gasteiger partial charge on any atom is -0.375 e. The first-order valence-corrected chi connectivity index (χ1v) is 12.7. The Hall–Kier alpha value is -3.25. The molecule has 0 saturated carbocycles. The van der Waals surface area contributed by atoms with E-state index in [1.165, 1.54) is 0 Å². The number of piperidine rings is 1. The fourth-order valence-corrected chi connectivity index (χ4v) is 5.13. The van der Waals surface area contributed by atoms with Crippen LogP contribution in [0, 0.1) is 0 Å². The van der Waals surface area contributed by atoms with Crippen molar-refractivity contribution in [3.05, 3.63) is 120 Å². The summed E-state index contributed by atoms with van der Waals surface area (Å²) in [6.07, 6.45) is 4.75. The summed E-state index contributed by atoms with van der Waals surface area (Å²) in [6, 6.07) is 30.3. The SMILES string of the molecule is O=C1C=CC[C@H]2C[C@@H](OCc3ccccc3)[C@H](OCc3ccccc3)[C@H](COCc3ccccc3)N12. The first-order valence-electron chi connectivity index (χ1n) is 12.7. The van der Waals surface area contributed by atoms with E-state index in [-0.39, 0.29) is 30.2 Å². The van der Waals surface area contributed by atoms with Gasteiger partial charge in [0.25, 0.3) is 0 Å². The summed E-state index contributed by atoms with van der Waals surface area (Å²) in [7, 11) is 0. The fraction of sp³-hybridized carbons (Fsp3) is 0.323. The molecule has 2 aliphatic rings. The summed E-state index contributed by atoms with van der Waals surface area (Å²) in [5, 5.41) is 0. The topological polar surface area (TPSA) is 48.0 Å². The van der Waals surface area contributed by atoms with Crippen LogP contribution in [0.3, 0.4) is 0 Å². The molecular weight excluding hydrogens is 450 g/mol. The van der Waals surface area contributed by atoms with Crippen LogP contribution in [-0.4, -0.2) is 41.7 Å². The predicted octanol–water partition coefficient (Wildman–Crippen LogP) is 5.30. The van der Waals surface area contributed by atoms with Gasteiger partial charge < -0.3 is 19.1 Å². The highest BCUT2D eigenvalue weighted by Crippen LogP contribution is 2.33. The molecule has 0 bridgehead atoms. The van der Waals surface area contributed by atoms with Gasteiger partial charge in [0, 0.05) is 6.04 Å².